The van der Waals surface area contributed by atoms with Gasteiger partial charge in [0, 0.05) is 25.7 Å². The summed E-state index contributed by atoms with van der Waals surface area (Å²) in [5.41, 5.74) is -0.0310. The standard InChI is InChI=1S/C16H32O3/c1-5-11-16(19-8-4)12-9-10-15(18-7-3)14(16)13-17-6-2/h14-15H,5-13H2,1-4H3. The Kier molecular flexibility index (Phi) is 7.96. The van der Waals surface area contributed by atoms with Gasteiger partial charge in [-0.1, -0.05) is 13.3 Å². The smallest absolute Gasteiger partial charge is 0.0757 e. The molecule has 0 radical (unpaired) electrons. The van der Waals surface area contributed by atoms with E-state index in [1.165, 1.54) is 6.42 Å². The average Bonchev–Trinajstić information content (AvgIpc) is 2.39. The van der Waals surface area contributed by atoms with Crippen molar-refractivity contribution in [2.45, 2.75) is 71.5 Å². The van der Waals surface area contributed by atoms with E-state index in [2.05, 4.69) is 27.7 Å². The third-order valence-corrected chi connectivity index (χ3v) is 4.20. The van der Waals surface area contributed by atoms with Crippen LogP contribution in [0.2, 0.25) is 0 Å². The molecule has 1 fully saturated rings. The minimum absolute atomic E-state index is 0.0310. The Morgan fingerprint density at radius 1 is 1.05 bits per heavy atom. The van der Waals surface area contributed by atoms with Crippen LogP contribution in [0.3, 0.4) is 0 Å². The molecule has 0 aromatic heterocycles. The molecule has 0 saturated heterocycles. The van der Waals surface area contributed by atoms with Gasteiger partial charge in [-0.25, -0.2) is 0 Å². The van der Waals surface area contributed by atoms with E-state index in [1.807, 2.05) is 0 Å². The van der Waals surface area contributed by atoms with E-state index < -0.39 is 0 Å². The Bertz CT molecular complexity index is 217. The van der Waals surface area contributed by atoms with Crippen molar-refractivity contribution in [3.63, 3.8) is 0 Å². The van der Waals surface area contributed by atoms with Crippen LogP contribution in [0, 0.1) is 5.92 Å². The van der Waals surface area contributed by atoms with Crippen molar-refractivity contribution < 1.29 is 14.2 Å². The fraction of sp³-hybridized carbons (Fsp3) is 1.00. The summed E-state index contributed by atoms with van der Waals surface area (Å²) >= 11 is 0. The largest absolute Gasteiger partial charge is 0.381 e. The van der Waals surface area contributed by atoms with Crippen molar-refractivity contribution in [3.05, 3.63) is 0 Å². The molecule has 3 nitrogen and oxygen atoms in total. The van der Waals surface area contributed by atoms with Gasteiger partial charge >= 0.3 is 0 Å². The van der Waals surface area contributed by atoms with Crippen molar-refractivity contribution in [2.75, 3.05) is 26.4 Å². The van der Waals surface area contributed by atoms with Crippen molar-refractivity contribution in [1.82, 2.24) is 0 Å². The number of rotatable bonds is 9. The molecule has 0 spiro atoms. The molecular formula is C16H32O3. The van der Waals surface area contributed by atoms with Gasteiger partial charge in [-0.3, -0.25) is 0 Å². The van der Waals surface area contributed by atoms with E-state index in [0.717, 1.165) is 52.1 Å². The van der Waals surface area contributed by atoms with Crippen molar-refractivity contribution in [3.8, 4) is 0 Å². The molecule has 3 unspecified atom stereocenters. The number of hydrogen-bond acceptors (Lipinski definition) is 3. The van der Waals surface area contributed by atoms with E-state index in [0.29, 0.717) is 12.0 Å². The predicted octanol–water partition coefficient (Wildman–Crippen LogP) is 3.80. The van der Waals surface area contributed by atoms with E-state index in [-0.39, 0.29) is 5.60 Å². The lowest BCUT2D eigenvalue weighted by atomic mass is 9.71. The SMILES string of the molecule is CCCC1(OCC)CCCC(OCC)C1COCC. The monoisotopic (exact) mass is 272 g/mol. The summed E-state index contributed by atoms with van der Waals surface area (Å²) in [5.74, 6) is 0.376. The molecule has 3 atom stereocenters. The highest BCUT2D eigenvalue weighted by Crippen LogP contribution is 2.42. The molecule has 0 heterocycles. The highest BCUT2D eigenvalue weighted by Gasteiger charge is 2.46. The summed E-state index contributed by atoms with van der Waals surface area (Å²) in [5, 5.41) is 0. The summed E-state index contributed by atoms with van der Waals surface area (Å²) in [6, 6.07) is 0. The molecule has 0 amide bonds. The van der Waals surface area contributed by atoms with Crippen LogP contribution in [0.1, 0.15) is 59.8 Å². The summed E-state index contributed by atoms with van der Waals surface area (Å²) in [4.78, 5) is 0. The lowest BCUT2D eigenvalue weighted by Gasteiger charge is -2.47. The zero-order valence-electron chi connectivity index (χ0n) is 13.2. The molecule has 1 rings (SSSR count). The Morgan fingerprint density at radius 2 is 1.84 bits per heavy atom. The summed E-state index contributed by atoms with van der Waals surface area (Å²) in [6.07, 6.45) is 6.06. The van der Waals surface area contributed by atoms with Crippen LogP contribution in [0.5, 0.6) is 0 Å². The molecule has 0 aromatic carbocycles. The fourth-order valence-corrected chi connectivity index (χ4v) is 3.52. The quantitative estimate of drug-likeness (QED) is 0.639. The van der Waals surface area contributed by atoms with E-state index in [9.17, 15) is 0 Å². The second kappa shape index (κ2) is 8.93. The second-order valence-corrected chi connectivity index (χ2v) is 5.40. The minimum atomic E-state index is -0.0310. The predicted molar refractivity (Wildman–Crippen MR) is 78.5 cm³/mol. The molecule has 0 N–H and O–H groups in total. The Morgan fingerprint density at radius 3 is 2.42 bits per heavy atom. The fourth-order valence-electron chi connectivity index (χ4n) is 3.52. The highest BCUT2D eigenvalue weighted by molar-refractivity contribution is 4.96. The third-order valence-electron chi connectivity index (χ3n) is 4.20. The molecule has 19 heavy (non-hydrogen) atoms. The van der Waals surface area contributed by atoms with Gasteiger partial charge in [0.25, 0.3) is 0 Å². The molecule has 1 aliphatic rings. The lowest BCUT2D eigenvalue weighted by molar-refractivity contribution is -0.175. The van der Waals surface area contributed by atoms with E-state index in [1.54, 1.807) is 0 Å². The molecule has 0 aromatic rings. The first-order valence-corrected chi connectivity index (χ1v) is 8.07. The molecular weight excluding hydrogens is 240 g/mol. The van der Waals surface area contributed by atoms with Gasteiger partial charge in [0.15, 0.2) is 0 Å². The molecule has 1 saturated carbocycles. The molecule has 3 heteroatoms. The summed E-state index contributed by atoms with van der Waals surface area (Å²) < 4.78 is 18.0. The first-order valence-electron chi connectivity index (χ1n) is 8.07. The molecule has 0 bridgehead atoms. The second-order valence-electron chi connectivity index (χ2n) is 5.40. The van der Waals surface area contributed by atoms with Gasteiger partial charge in [0.05, 0.1) is 18.3 Å². The molecule has 1 aliphatic carbocycles. The zero-order chi connectivity index (χ0) is 14.1. The zero-order valence-corrected chi connectivity index (χ0v) is 13.2. The molecule has 114 valence electrons. The van der Waals surface area contributed by atoms with Gasteiger partial charge in [0.2, 0.25) is 0 Å². The van der Waals surface area contributed by atoms with Gasteiger partial charge in [-0.15, -0.1) is 0 Å². The minimum Gasteiger partial charge on any atom is -0.381 e. The Hall–Kier alpha value is -0.120. The van der Waals surface area contributed by atoms with Crippen LogP contribution in [-0.4, -0.2) is 38.1 Å². The maximum absolute atomic E-state index is 6.24. The van der Waals surface area contributed by atoms with Crippen molar-refractivity contribution in [1.29, 1.82) is 0 Å². The lowest BCUT2D eigenvalue weighted by Crippen LogP contribution is -2.52. The van der Waals surface area contributed by atoms with Gasteiger partial charge < -0.3 is 14.2 Å². The van der Waals surface area contributed by atoms with Crippen molar-refractivity contribution >= 4 is 0 Å². The highest BCUT2D eigenvalue weighted by atomic mass is 16.5. The van der Waals surface area contributed by atoms with Gasteiger partial charge in [-0.05, 0) is 46.5 Å². The first kappa shape index (κ1) is 16.9. The summed E-state index contributed by atoms with van der Waals surface area (Å²) in [6.45, 7) is 11.6. The Labute approximate surface area is 119 Å². The number of hydrogen-bond donors (Lipinski definition) is 0. The normalized spacial score (nSPS) is 31.6. The maximum Gasteiger partial charge on any atom is 0.0757 e. The van der Waals surface area contributed by atoms with Crippen LogP contribution >= 0.6 is 0 Å². The number of ether oxygens (including phenoxy) is 3. The maximum atomic E-state index is 6.24. The van der Waals surface area contributed by atoms with Gasteiger partial charge in [-0.2, -0.15) is 0 Å². The topological polar surface area (TPSA) is 27.7 Å². The van der Waals surface area contributed by atoms with E-state index in [4.69, 9.17) is 14.2 Å². The van der Waals surface area contributed by atoms with Crippen LogP contribution in [0.25, 0.3) is 0 Å². The third kappa shape index (κ3) is 4.44. The van der Waals surface area contributed by atoms with Crippen LogP contribution in [0.15, 0.2) is 0 Å². The van der Waals surface area contributed by atoms with Crippen molar-refractivity contribution in [2.24, 2.45) is 5.92 Å². The van der Waals surface area contributed by atoms with Gasteiger partial charge in [0.1, 0.15) is 0 Å². The van der Waals surface area contributed by atoms with Crippen LogP contribution in [-0.2, 0) is 14.2 Å². The first-order chi connectivity index (χ1) is 9.24. The van der Waals surface area contributed by atoms with E-state index >= 15 is 0 Å². The van der Waals surface area contributed by atoms with Crippen LogP contribution in [0.4, 0.5) is 0 Å². The molecule has 0 aliphatic heterocycles. The average molecular weight is 272 g/mol. The van der Waals surface area contributed by atoms with Crippen LogP contribution < -0.4 is 0 Å². The summed E-state index contributed by atoms with van der Waals surface area (Å²) in [7, 11) is 0. The Balaban J connectivity index is 2.86.